The molecule has 0 bridgehead atoms. The third-order valence-electron chi connectivity index (χ3n) is 3.29. The number of hydrogen-bond acceptors (Lipinski definition) is 3. The second-order valence-corrected chi connectivity index (χ2v) is 6.08. The van der Waals surface area contributed by atoms with Crippen LogP contribution < -0.4 is 5.32 Å². The van der Waals surface area contributed by atoms with Gasteiger partial charge in [-0.25, -0.2) is 0 Å². The van der Waals surface area contributed by atoms with Crippen molar-refractivity contribution < 1.29 is 9.59 Å². The van der Waals surface area contributed by atoms with E-state index in [-0.39, 0.29) is 11.8 Å². The van der Waals surface area contributed by atoms with Crippen LogP contribution in [0.5, 0.6) is 0 Å². The Morgan fingerprint density at radius 1 is 1.20 bits per heavy atom. The van der Waals surface area contributed by atoms with E-state index in [4.69, 9.17) is 0 Å². The van der Waals surface area contributed by atoms with E-state index in [2.05, 4.69) is 5.32 Å². The van der Waals surface area contributed by atoms with Crippen LogP contribution in [0.15, 0.2) is 30.3 Å². The molecule has 0 radical (unpaired) electrons. The summed E-state index contributed by atoms with van der Waals surface area (Å²) in [7, 11) is 0. The lowest BCUT2D eigenvalue weighted by Crippen LogP contribution is -2.47. The Labute approximate surface area is 123 Å². The third-order valence-corrected chi connectivity index (χ3v) is 4.34. The number of amides is 2. The first-order chi connectivity index (χ1) is 9.68. The summed E-state index contributed by atoms with van der Waals surface area (Å²) in [5.41, 5.74) is 0.582. The second kappa shape index (κ2) is 7.33. The first-order valence-corrected chi connectivity index (χ1v) is 8.06. The lowest BCUT2D eigenvalue weighted by molar-refractivity contribution is -0.132. The van der Waals surface area contributed by atoms with Crippen LogP contribution in [0.1, 0.15) is 23.7 Å². The molecule has 0 spiro atoms. The summed E-state index contributed by atoms with van der Waals surface area (Å²) < 4.78 is 0. The first-order valence-electron chi connectivity index (χ1n) is 6.91. The highest BCUT2D eigenvalue weighted by Crippen LogP contribution is 2.11. The van der Waals surface area contributed by atoms with Crippen LogP contribution in [0.4, 0.5) is 0 Å². The van der Waals surface area contributed by atoms with Crippen molar-refractivity contribution in [3.05, 3.63) is 35.9 Å². The van der Waals surface area contributed by atoms with Crippen molar-refractivity contribution in [2.24, 2.45) is 0 Å². The number of thioether (sulfide) groups is 1. The van der Waals surface area contributed by atoms with E-state index in [0.29, 0.717) is 5.56 Å². The molecule has 1 aromatic carbocycles. The Morgan fingerprint density at radius 2 is 1.95 bits per heavy atom. The molecule has 1 aliphatic heterocycles. The lowest BCUT2D eigenvalue weighted by Gasteiger charge is -2.24. The number of hydrogen-bond donors (Lipinski definition) is 1. The third kappa shape index (κ3) is 4.00. The smallest absolute Gasteiger partial charge is 0.251 e. The van der Waals surface area contributed by atoms with Gasteiger partial charge in [0.25, 0.3) is 5.91 Å². The van der Waals surface area contributed by atoms with E-state index in [1.807, 2.05) is 34.9 Å². The van der Waals surface area contributed by atoms with Gasteiger partial charge in [-0.3, -0.25) is 9.59 Å². The molecule has 0 aliphatic carbocycles. The number of rotatable bonds is 3. The maximum absolute atomic E-state index is 12.3. The molecule has 1 atom stereocenters. The molecule has 0 saturated carbocycles. The number of nitrogens with zero attached hydrogens (tertiary/aromatic N) is 1. The van der Waals surface area contributed by atoms with Crippen LogP contribution in [0.25, 0.3) is 0 Å². The minimum absolute atomic E-state index is 0.0109. The van der Waals surface area contributed by atoms with Crippen molar-refractivity contribution in [1.29, 1.82) is 0 Å². The average Bonchev–Trinajstić information content (AvgIpc) is 2.76. The molecule has 4 nitrogen and oxygen atoms in total. The van der Waals surface area contributed by atoms with E-state index in [9.17, 15) is 9.59 Å². The van der Waals surface area contributed by atoms with Gasteiger partial charge in [0.2, 0.25) is 5.91 Å². The zero-order valence-corrected chi connectivity index (χ0v) is 12.5. The van der Waals surface area contributed by atoms with Crippen molar-refractivity contribution in [2.45, 2.75) is 19.4 Å². The van der Waals surface area contributed by atoms with E-state index in [0.717, 1.165) is 31.0 Å². The Balaban J connectivity index is 1.92. The number of benzene rings is 1. The van der Waals surface area contributed by atoms with Gasteiger partial charge in [0, 0.05) is 24.4 Å². The van der Waals surface area contributed by atoms with Gasteiger partial charge in [-0.15, -0.1) is 0 Å². The molecule has 108 valence electrons. The molecule has 1 aliphatic rings. The van der Waals surface area contributed by atoms with Gasteiger partial charge in [0.1, 0.15) is 6.04 Å². The molecule has 1 aromatic rings. The molecule has 1 fully saturated rings. The van der Waals surface area contributed by atoms with Crippen LogP contribution in [-0.2, 0) is 4.79 Å². The number of carbonyl (C=O) groups is 2. The molecule has 1 N–H and O–H groups in total. The number of nitrogens with one attached hydrogen (secondary N) is 1. The van der Waals surface area contributed by atoms with Gasteiger partial charge >= 0.3 is 0 Å². The van der Waals surface area contributed by atoms with Gasteiger partial charge in [-0.1, -0.05) is 18.2 Å². The Morgan fingerprint density at radius 3 is 2.70 bits per heavy atom. The highest BCUT2D eigenvalue weighted by molar-refractivity contribution is 7.99. The van der Waals surface area contributed by atoms with E-state index < -0.39 is 6.04 Å². The van der Waals surface area contributed by atoms with Crippen LogP contribution in [0, 0.1) is 0 Å². The van der Waals surface area contributed by atoms with E-state index in [1.54, 1.807) is 19.1 Å². The predicted molar refractivity (Wildman–Crippen MR) is 81.9 cm³/mol. The van der Waals surface area contributed by atoms with Crippen molar-refractivity contribution in [3.8, 4) is 0 Å². The summed E-state index contributed by atoms with van der Waals surface area (Å²) in [6, 6.07) is 8.50. The first kappa shape index (κ1) is 14.9. The molecule has 1 heterocycles. The molecular formula is C15H20N2O2S. The molecule has 20 heavy (non-hydrogen) atoms. The van der Waals surface area contributed by atoms with Gasteiger partial charge in [0.05, 0.1) is 0 Å². The summed E-state index contributed by atoms with van der Waals surface area (Å²) in [4.78, 5) is 26.2. The summed E-state index contributed by atoms with van der Waals surface area (Å²) in [5.74, 6) is 1.90. The fourth-order valence-electron chi connectivity index (χ4n) is 2.17. The predicted octanol–water partition coefficient (Wildman–Crippen LogP) is 1.77. The van der Waals surface area contributed by atoms with Gasteiger partial charge < -0.3 is 10.2 Å². The molecule has 1 unspecified atom stereocenters. The highest BCUT2D eigenvalue weighted by Gasteiger charge is 2.23. The minimum atomic E-state index is -0.481. The van der Waals surface area contributed by atoms with Crippen LogP contribution in [-0.4, -0.2) is 47.4 Å². The summed E-state index contributed by atoms with van der Waals surface area (Å²) >= 11 is 1.88. The topological polar surface area (TPSA) is 49.4 Å². The van der Waals surface area contributed by atoms with Crippen molar-refractivity contribution in [1.82, 2.24) is 10.2 Å². The Hall–Kier alpha value is -1.49. The molecule has 2 amide bonds. The van der Waals surface area contributed by atoms with Gasteiger partial charge in [-0.05, 0) is 31.2 Å². The standard InChI is InChI=1S/C15H20N2O2S/c1-12(15(19)17-8-5-10-20-11-9-17)16-14(18)13-6-3-2-4-7-13/h2-4,6-7,12H,5,8-11H2,1H3,(H,16,18). The highest BCUT2D eigenvalue weighted by atomic mass is 32.2. The maximum Gasteiger partial charge on any atom is 0.251 e. The van der Waals surface area contributed by atoms with Crippen LogP contribution >= 0.6 is 11.8 Å². The molecule has 2 rings (SSSR count). The van der Waals surface area contributed by atoms with Crippen molar-refractivity contribution >= 4 is 23.6 Å². The SMILES string of the molecule is CC(NC(=O)c1ccccc1)C(=O)N1CCCSCC1. The maximum atomic E-state index is 12.3. The summed E-state index contributed by atoms with van der Waals surface area (Å²) in [5, 5.41) is 2.78. The molecule has 1 saturated heterocycles. The zero-order valence-electron chi connectivity index (χ0n) is 11.7. The second-order valence-electron chi connectivity index (χ2n) is 4.85. The summed E-state index contributed by atoms with van der Waals surface area (Å²) in [6.45, 7) is 3.31. The Kier molecular flexibility index (Phi) is 5.47. The van der Waals surface area contributed by atoms with Crippen molar-refractivity contribution in [3.63, 3.8) is 0 Å². The van der Waals surface area contributed by atoms with Crippen molar-refractivity contribution in [2.75, 3.05) is 24.6 Å². The van der Waals surface area contributed by atoms with Crippen LogP contribution in [0.3, 0.4) is 0 Å². The van der Waals surface area contributed by atoms with Gasteiger partial charge in [-0.2, -0.15) is 11.8 Å². The van der Waals surface area contributed by atoms with E-state index in [1.165, 1.54) is 0 Å². The molecular weight excluding hydrogens is 272 g/mol. The average molecular weight is 292 g/mol. The number of carbonyl (C=O) groups excluding carboxylic acids is 2. The quantitative estimate of drug-likeness (QED) is 0.923. The molecule has 0 aromatic heterocycles. The zero-order chi connectivity index (χ0) is 14.4. The largest absolute Gasteiger partial charge is 0.341 e. The summed E-state index contributed by atoms with van der Waals surface area (Å²) in [6.07, 6.45) is 1.02. The van der Waals surface area contributed by atoms with Gasteiger partial charge in [0.15, 0.2) is 0 Å². The monoisotopic (exact) mass is 292 g/mol. The molecule has 5 heteroatoms. The lowest BCUT2D eigenvalue weighted by atomic mass is 10.2. The minimum Gasteiger partial charge on any atom is -0.341 e. The van der Waals surface area contributed by atoms with Crippen LogP contribution in [0.2, 0.25) is 0 Å². The fraction of sp³-hybridized carbons (Fsp3) is 0.467. The van der Waals surface area contributed by atoms with E-state index >= 15 is 0 Å². The Bertz CT molecular complexity index is 456. The normalized spacial score (nSPS) is 17.1. The fourth-order valence-corrected chi connectivity index (χ4v) is 3.06.